The lowest BCUT2D eigenvalue weighted by molar-refractivity contribution is 0.164. The van der Waals surface area contributed by atoms with Crippen molar-refractivity contribution in [3.8, 4) is 11.5 Å². The second-order valence-corrected chi connectivity index (χ2v) is 8.28. The average Bonchev–Trinajstić information content (AvgIpc) is 2.71. The van der Waals surface area contributed by atoms with E-state index in [2.05, 4.69) is 64.1 Å². The van der Waals surface area contributed by atoms with Crippen molar-refractivity contribution < 1.29 is 18.9 Å². The second-order valence-electron chi connectivity index (χ2n) is 8.28. The van der Waals surface area contributed by atoms with Crippen LogP contribution in [0.2, 0.25) is 0 Å². The molecule has 4 nitrogen and oxygen atoms in total. The summed E-state index contributed by atoms with van der Waals surface area (Å²) in [5.74, 6) is 3.03. The molecule has 1 unspecified atom stereocenters. The summed E-state index contributed by atoms with van der Waals surface area (Å²) < 4.78 is 22.7. The topological polar surface area (TPSA) is 36.9 Å². The fourth-order valence-corrected chi connectivity index (χ4v) is 3.89. The number of hydrogen-bond donors (Lipinski definition) is 0. The molecule has 166 valence electrons. The van der Waals surface area contributed by atoms with Crippen molar-refractivity contribution in [2.24, 2.45) is 5.92 Å². The van der Waals surface area contributed by atoms with Crippen LogP contribution in [0.25, 0.3) is 0 Å². The first-order valence-corrected chi connectivity index (χ1v) is 10.9. The van der Waals surface area contributed by atoms with Crippen LogP contribution in [0, 0.1) is 12.8 Å². The molecule has 0 aliphatic carbocycles. The Morgan fingerprint density at radius 1 is 0.833 bits per heavy atom. The van der Waals surface area contributed by atoms with E-state index in [4.69, 9.17) is 18.9 Å². The van der Waals surface area contributed by atoms with E-state index in [9.17, 15) is 0 Å². The SMILES string of the molecule is CCC(CC(C)C)c1ccc(OCCOc2c(COC)cc(C)cc2COC)cc1. The highest BCUT2D eigenvalue weighted by Gasteiger charge is 2.13. The molecule has 0 fully saturated rings. The Morgan fingerprint density at radius 2 is 1.40 bits per heavy atom. The van der Waals surface area contributed by atoms with Gasteiger partial charge in [0.05, 0.1) is 13.2 Å². The van der Waals surface area contributed by atoms with Crippen molar-refractivity contribution in [2.75, 3.05) is 27.4 Å². The maximum absolute atomic E-state index is 6.09. The Kier molecular flexibility index (Phi) is 10.2. The highest BCUT2D eigenvalue weighted by atomic mass is 16.5. The predicted molar refractivity (Wildman–Crippen MR) is 123 cm³/mol. The molecule has 4 heteroatoms. The monoisotopic (exact) mass is 414 g/mol. The minimum Gasteiger partial charge on any atom is -0.490 e. The van der Waals surface area contributed by atoms with E-state index in [1.807, 2.05) is 0 Å². The maximum atomic E-state index is 6.09. The molecule has 0 radical (unpaired) electrons. The van der Waals surface area contributed by atoms with Gasteiger partial charge >= 0.3 is 0 Å². The Balaban J connectivity index is 1.95. The number of hydrogen-bond acceptors (Lipinski definition) is 4. The fourth-order valence-electron chi connectivity index (χ4n) is 3.89. The van der Waals surface area contributed by atoms with E-state index in [1.54, 1.807) is 14.2 Å². The highest BCUT2D eigenvalue weighted by Crippen LogP contribution is 2.29. The number of rotatable bonds is 13. The van der Waals surface area contributed by atoms with Crippen LogP contribution >= 0.6 is 0 Å². The summed E-state index contributed by atoms with van der Waals surface area (Å²) >= 11 is 0. The van der Waals surface area contributed by atoms with Gasteiger partial charge in [-0.05, 0) is 49.3 Å². The largest absolute Gasteiger partial charge is 0.490 e. The molecule has 0 aliphatic rings. The average molecular weight is 415 g/mol. The van der Waals surface area contributed by atoms with E-state index in [0.717, 1.165) is 29.0 Å². The van der Waals surface area contributed by atoms with E-state index >= 15 is 0 Å². The molecule has 0 amide bonds. The number of aryl methyl sites for hydroxylation is 1. The number of methoxy groups -OCH3 is 2. The lowest BCUT2D eigenvalue weighted by Gasteiger charge is -2.18. The highest BCUT2D eigenvalue weighted by molar-refractivity contribution is 5.44. The van der Waals surface area contributed by atoms with Gasteiger partial charge in [0, 0.05) is 25.3 Å². The van der Waals surface area contributed by atoms with Crippen molar-refractivity contribution in [1.29, 1.82) is 0 Å². The summed E-state index contributed by atoms with van der Waals surface area (Å²) in [7, 11) is 3.39. The third-order valence-corrected chi connectivity index (χ3v) is 5.19. The van der Waals surface area contributed by atoms with E-state index in [0.29, 0.717) is 38.3 Å². The van der Waals surface area contributed by atoms with Crippen molar-refractivity contribution in [1.82, 2.24) is 0 Å². The van der Waals surface area contributed by atoms with Gasteiger partial charge in [-0.1, -0.05) is 50.6 Å². The molecule has 2 rings (SSSR count). The lowest BCUT2D eigenvalue weighted by atomic mass is 9.88. The summed E-state index contributed by atoms with van der Waals surface area (Å²) in [6, 6.07) is 12.7. The molecule has 1 atom stereocenters. The van der Waals surface area contributed by atoms with Crippen LogP contribution in [0.4, 0.5) is 0 Å². The van der Waals surface area contributed by atoms with Gasteiger partial charge in [-0.25, -0.2) is 0 Å². The summed E-state index contributed by atoms with van der Waals surface area (Å²) in [6.45, 7) is 10.8. The van der Waals surface area contributed by atoms with Gasteiger partial charge in [-0.15, -0.1) is 0 Å². The van der Waals surface area contributed by atoms with Crippen LogP contribution in [0.15, 0.2) is 36.4 Å². The molecule has 0 saturated heterocycles. The smallest absolute Gasteiger partial charge is 0.130 e. The maximum Gasteiger partial charge on any atom is 0.130 e. The standard InChI is InChI=1S/C26H38O4/c1-7-21(14-19(2)3)22-8-10-25(11-9-22)29-12-13-30-26-23(17-27-5)15-20(4)16-24(26)18-28-6/h8-11,15-16,19,21H,7,12-14,17-18H2,1-6H3. The lowest BCUT2D eigenvalue weighted by Crippen LogP contribution is -2.12. The molecular formula is C26H38O4. The fraction of sp³-hybridized carbons (Fsp3) is 0.538. The number of ether oxygens (including phenoxy) is 4. The normalized spacial score (nSPS) is 12.2. The van der Waals surface area contributed by atoms with Gasteiger partial charge < -0.3 is 18.9 Å². The van der Waals surface area contributed by atoms with Gasteiger partial charge in [0.15, 0.2) is 0 Å². The van der Waals surface area contributed by atoms with Crippen LogP contribution in [0.5, 0.6) is 11.5 Å². The Labute approximate surface area is 182 Å². The first-order valence-electron chi connectivity index (χ1n) is 10.9. The zero-order valence-corrected chi connectivity index (χ0v) is 19.5. The Hall–Kier alpha value is -2.04. The molecule has 0 aromatic heterocycles. The molecule has 0 N–H and O–H groups in total. The summed E-state index contributed by atoms with van der Waals surface area (Å²) in [6.07, 6.45) is 2.38. The van der Waals surface area contributed by atoms with Gasteiger partial charge in [0.2, 0.25) is 0 Å². The summed E-state index contributed by atoms with van der Waals surface area (Å²) in [4.78, 5) is 0. The van der Waals surface area contributed by atoms with Crippen molar-refractivity contribution in [3.05, 3.63) is 58.7 Å². The Morgan fingerprint density at radius 3 is 1.90 bits per heavy atom. The minimum atomic E-state index is 0.461. The van der Waals surface area contributed by atoms with Crippen LogP contribution in [0.3, 0.4) is 0 Å². The first kappa shape index (κ1) is 24.2. The summed E-state index contributed by atoms with van der Waals surface area (Å²) in [5.41, 5.74) is 4.62. The van der Waals surface area contributed by atoms with Gasteiger partial charge in [-0.2, -0.15) is 0 Å². The van der Waals surface area contributed by atoms with Crippen LogP contribution < -0.4 is 9.47 Å². The third kappa shape index (κ3) is 7.33. The zero-order valence-electron chi connectivity index (χ0n) is 19.5. The molecule has 30 heavy (non-hydrogen) atoms. The predicted octanol–water partition coefficient (Wildman–Crippen LogP) is 6.29. The van der Waals surface area contributed by atoms with Gasteiger partial charge in [-0.3, -0.25) is 0 Å². The molecule has 0 heterocycles. The second kappa shape index (κ2) is 12.6. The first-order chi connectivity index (χ1) is 14.5. The molecule has 2 aromatic rings. The molecule has 0 saturated carbocycles. The van der Waals surface area contributed by atoms with Crippen LogP contribution in [0.1, 0.15) is 61.8 Å². The van der Waals surface area contributed by atoms with Crippen molar-refractivity contribution in [3.63, 3.8) is 0 Å². The van der Waals surface area contributed by atoms with Crippen LogP contribution in [-0.4, -0.2) is 27.4 Å². The summed E-state index contributed by atoms with van der Waals surface area (Å²) in [5, 5.41) is 0. The Bertz CT molecular complexity index is 725. The van der Waals surface area contributed by atoms with Gasteiger partial charge in [0.1, 0.15) is 24.7 Å². The molecule has 2 aromatic carbocycles. The van der Waals surface area contributed by atoms with Crippen molar-refractivity contribution in [2.45, 2.75) is 59.7 Å². The minimum absolute atomic E-state index is 0.461. The van der Waals surface area contributed by atoms with E-state index in [-0.39, 0.29) is 0 Å². The molecule has 0 bridgehead atoms. The van der Waals surface area contributed by atoms with Crippen LogP contribution in [-0.2, 0) is 22.7 Å². The third-order valence-electron chi connectivity index (χ3n) is 5.19. The van der Waals surface area contributed by atoms with E-state index < -0.39 is 0 Å². The molecule has 0 spiro atoms. The zero-order chi connectivity index (χ0) is 21.9. The van der Waals surface area contributed by atoms with Crippen molar-refractivity contribution >= 4 is 0 Å². The molecule has 0 aliphatic heterocycles. The number of benzene rings is 2. The van der Waals surface area contributed by atoms with E-state index in [1.165, 1.54) is 17.5 Å². The van der Waals surface area contributed by atoms with Gasteiger partial charge in [0.25, 0.3) is 0 Å². The quantitative estimate of drug-likeness (QED) is 0.361. The molecular weight excluding hydrogens is 376 g/mol.